The molecule has 13 heavy (non-hydrogen) atoms. The lowest BCUT2D eigenvalue weighted by Gasteiger charge is -2.29. The van der Waals surface area contributed by atoms with Crippen molar-refractivity contribution >= 4 is 5.91 Å². The van der Waals surface area contributed by atoms with Crippen LogP contribution in [0.4, 0.5) is 0 Å². The van der Waals surface area contributed by atoms with Crippen molar-refractivity contribution in [1.29, 1.82) is 0 Å². The van der Waals surface area contributed by atoms with Gasteiger partial charge in [0.15, 0.2) is 0 Å². The predicted octanol–water partition coefficient (Wildman–Crippen LogP) is -1.85. The van der Waals surface area contributed by atoms with E-state index in [9.17, 15) is 15.0 Å². The summed E-state index contributed by atoms with van der Waals surface area (Å²) in [6.45, 7) is 0.744. The molecule has 0 aromatic carbocycles. The number of carbonyl (C=O) groups excluding carboxylic acids is 1. The van der Waals surface area contributed by atoms with Gasteiger partial charge < -0.3 is 20.6 Å². The molecule has 1 rings (SSSR count). The van der Waals surface area contributed by atoms with Gasteiger partial charge in [-0.3, -0.25) is 4.79 Å². The average molecular weight is 187 g/mol. The van der Waals surface area contributed by atoms with Crippen molar-refractivity contribution in [3.05, 3.63) is 12.2 Å². The topological polar surface area (TPSA) is 89.8 Å². The number of aliphatic hydroxyl groups is 3. The number of aliphatic hydroxyl groups excluding tert-OH is 2. The smallest absolute Gasteiger partial charge is 0.217 e. The molecule has 0 saturated carbocycles. The van der Waals surface area contributed by atoms with Crippen molar-refractivity contribution in [1.82, 2.24) is 5.32 Å². The molecule has 74 valence electrons. The van der Waals surface area contributed by atoms with Crippen LogP contribution in [0.15, 0.2) is 12.2 Å². The van der Waals surface area contributed by atoms with Gasteiger partial charge in [-0.2, -0.15) is 0 Å². The number of hydrogen-bond acceptors (Lipinski definition) is 4. The van der Waals surface area contributed by atoms with E-state index in [0.29, 0.717) is 0 Å². The van der Waals surface area contributed by atoms with Gasteiger partial charge in [-0.15, -0.1) is 0 Å². The summed E-state index contributed by atoms with van der Waals surface area (Å²) in [6, 6.07) is -0.866. The fraction of sp³-hybridized carbons (Fsp3) is 0.625. The van der Waals surface area contributed by atoms with Crippen LogP contribution >= 0.6 is 0 Å². The summed E-state index contributed by atoms with van der Waals surface area (Å²) < 4.78 is 0. The molecule has 0 heterocycles. The summed E-state index contributed by atoms with van der Waals surface area (Å²) in [7, 11) is 0. The normalized spacial score (nSPS) is 37.8. The third-order valence-electron chi connectivity index (χ3n) is 2.07. The molecule has 0 saturated heterocycles. The van der Waals surface area contributed by atoms with E-state index in [1.807, 2.05) is 0 Å². The molecule has 0 bridgehead atoms. The van der Waals surface area contributed by atoms with E-state index >= 15 is 0 Å². The van der Waals surface area contributed by atoms with Crippen LogP contribution in [0.25, 0.3) is 0 Å². The molecule has 4 N–H and O–H groups in total. The van der Waals surface area contributed by atoms with Gasteiger partial charge in [-0.05, 0) is 0 Å². The van der Waals surface area contributed by atoms with Crippen LogP contribution < -0.4 is 5.32 Å². The van der Waals surface area contributed by atoms with Gasteiger partial charge in [-0.1, -0.05) is 12.2 Å². The highest BCUT2D eigenvalue weighted by atomic mass is 16.3. The molecule has 0 aromatic rings. The fourth-order valence-corrected chi connectivity index (χ4v) is 1.36. The Labute approximate surface area is 75.7 Å². The van der Waals surface area contributed by atoms with Crippen LogP contribution in [-0.2, 0) is 4.79 Å². The van der Waals surface area contributed by atoms with E-state index in [1.165, 1.54) is 19.1 Å². The third kappa shape index (κ3) is 1.88. The SMILES string of the molecule is CC(=O)N[C@@H]1[C@@H](O)C=C[C@]1(O)CO. The number of nitrogens with one attached hydrogen (secondary N) is 1. The molecule has 0 aliphatic heterocycles. The number of carbonyl (C=O) groups is 1. The zero-order valence-corrected chi connectivity index (χ0v) is 7.27. The minimum Gasteiger partial charge on any atom is -0.393 e. The summed E-state index contributed by atoms with van der Waals surface area (Å²) >= 11 is 0. The first-order valence-corrected chi connectivity index (χ1v) is 3.97. The van der Waals surface area contributed by atoms with E-state index in [1.54, 1.807) is 0 Å². The van der Waals surface area contributed by atoms with Crippen molar-refractivity contribution in [2.45, 2.75) is 24.7 Å². The second-order valence-electron chi connectivity index (χ2n) is 3.18. The van der Waals surface area contributed by atoms with Crippen molar-refractivity contribution in [3.63, 3.8) is 0 Å². The lowest BCUT2D eigenvalue weighted by molar-refractivity contribution is -0.123. The van der Waals surface area contributed by atoms with Crippen LogP contribution in [0.1, 0.15) is 6.92 Å². The van der Waals surface area contributed by atoms with Gasteiger partial charge in [0.25, 0.3) is 0 Å². The van der Waals surface area contributed by atoms with Gasteiger partial charge in [0.2, 0.25) is 5.91 Å². The summed E-state index contributed by atoms with van der Waals surface area (Å²) in [5, 5.41) is 30.2. The van der Waals surface area contributed by atoms with Crippen molar-refractivity contribution in [3.8, 4) is 0 Å². The van der Waals surface area contributed by atoms with E-state index in [0.717, 1.165) is 0 Å². The molecule has 1 aliphatic carbocycles. The van der Waals surface area contributed by atoms with Crippen LogP contribution in [0.2, 0.25) is 0 Å². The molecule has 0 fully saturated rings. The van der Waals surface area contributed by atoms with Gasteiger partial charge in [-0.25, -0.2) is 0 Å². The van der Waals surface area contributed by atoms with E-state index in [4.69, 9.17) is 5.11 Å². The fourth-order valence-electron chi connectivity index (χ4n) is 1.36. The van der Waals surface area contributed by atoms with Crippen molar-refractivity contribution in [2.24, 2.45) is 0 Å². The lowest BCUT2D eigenvalue weighted by Crippen LogP contribution is -2.55. The van der Waals surface area contributed by atoms with Gasteiger partial charge in [0.05, 0.1) is 18.8 Å². The highest BCUT2D eigenvalue weighted by molar-refractivity contribution is 5.73. The minimum absolute atomic E-state index is 0.361. The maximum atomic E-state index is 10.7. The van der Waals surface area contributed by atoms with Crippen LogP contribution in [0.3, 0.4) is 0 Å². The van der Waals surface area contributed by atoms with Crippen LogP contribution in [-0.4, -0.2) is 45.6 Å². The molecular formula is C8H13NO4. The zero-order valence-electron chi connectivity index (χ0n) is 7.27. The Morgan fingerprint density at radius 2 is 2.31 bits per heavy atom. The van der Waals surface area contributed by atoms with E-state index in [-0.39, 0.29) is 5.91 Å². The summed E-state index contributed by atoms with van der Waals surface area (Å²) in [6.07, 6.45) is 1.68. The Hall–Kier alpha value is -0.910. The molecule has 3 atom stereocenters. The first-order chi connectivity index (χ1) is 5.99. The molecule has 0 radical (unpaired) electrons. The Balaban J connectivity index is 2.75. The van der Waals surface area contributed by atoms with Crippen molar-refractivity contribution < 1.29 is 20.1 Å². The van der Waals surface area contributed by atoms with Crippen molar-refractivity contribution in [2.75, 3.05) is 6.61 Å². The molecule has 0 unspecified atom stereocenters. The largest absolute Gasteiger partial charge is 0.393 e. The molecule has 0 aromatic heterocycles. The first-order valence-electron chi connectivity index (χ1n) is 3.97. The van der Waals surface area contributed by atoms with E-state index in [2.05, 4.69) is 5.32 Å². The summed E-state index contributed by atoms with van der Waals surface area (Å²) in [5.74, 6) is -0.361. The highest BCUT2D eigenvalue weighted by Crippen LogP contribution is 2.23. The standard InChI is InChI=1S/C8H13NO4/c1-5(11)9-7-6(12)2-3-8(7,13)4-10/h2-3,6-7,10,12-13H,4H2,1H3,(H,9,11)/t6-,7+,8-/m0/s1. The Kier molecular flexibility index (Phi) is 2.70. The number of rotatable bonds is 2. The molecule has 5 nitrogen and oxygen atoms in total. The van der Waals surface area contributed by atoms with Gasteiger partial charge in [0.1, 0.15) is 5.60 Å². The number of amides is 1. The first kappa shape index (κ1) is 10.2. The maximum absolute atomic E-state index is 10.7. The van der Waals surface area contributed by atoms with E-state index < -0.39 is 24.4 Å². The molecule has 1 aliphatic rings. The number of hydrogen-bond donors (Lipinski definition) is 4. The lowest BCUT2D eigenvalue weighted by atomic mass is 9.98. The minimum atomic E-state index is -1.55. The second kappa shape index (κ2) is 3.45. The molecule has 1 amide bonds. The molecular weight excluding hydrogens is 174 g/mol. The quantitative estimate of drug-likeness (QED) is 0.382. The Morgan fingerprint density at radius 3 is 2.77 bits per heavy atom. The second-order valence-corrected chi connectivity index (χ2v) is 3.18. The van der Waals surface area contributed by atoms with Crippen LogP contribution in [0, 0.1) is 0 Å². The average Bonchev–Trinajstić information content (AvgIpc) is 2.33. The maximum Gasteiger partial charge on any atom is 0.217 e. The summed E-state index contributed by atoms with van der Waals surface area (Å²) in [4.78, 5) is 10.7. The Bertz CT molecular complexity index is 240. The monoisotopic (exact) mass is 187 g/mol. The zero-order chi connectivity index (χ0) is 10.1. The third-order valence-corrected chi connectivity index (χ3v) is 2.07. The summed E-state index contributed by atoms with van der Waals surface area (Å²) in [5.41, 5.74) is -1.55. The highest BCUT2D eigenvalue weighted by Gasteiger charge is 2.42. The van der Waals surface area contributed by atoms with Crippen LogP contribution in [0.5, 0.6) is 0 Å². The molecule has 5 heteroatoms. The van der Waals surface area contributed by atoms with Gasteiger partial charge >= 0.3 is 0 Å². The van der Waals surface area contributed by atoms with Gasteiger partial charge in [0, 0.05) is 6.92 Å². The Morgan fingerprint density at radius 1 is 1.69 bits per heavy atom. The predicted molar refractivity (Wildman–Crippen MR) is 44.8 cm³/mol. The molecule has 0 spiro atoms.